The number of likely N-dealkylation sites (N-methyl/N-ethyl adjacent to an activating group) is 1. The first-order valence-electron chi connectivity index (χ1n) is 23.9. The molecule has 2 aromatic carbocycles. The van der Waals surface area contributed by atoms with E-state index in [4.69, 9.17) is 10.5 Å². The molecule has 19 nitrogen and oxygen atoms in total. The fourth-order valence-corrected chi connectivity index (χ4v) is 8.60. The second-order valence-corrected chi connectivity index (χ2v) is 18.9. The molecule has 0 aliphatic carbocycles. The molecule has 2 aromatic rings. The lowest BCUT2D eigenvalue weighted by molar-refractivity contribution is -0.168. The smallest absolute Gasteiger partial charge is 0.329 e. The van der Waals surface area contributed by atoms with Crippen LogP contribution in [0.4, 0.5) is 0 Å². The van der Waals surface area contributed by atoms with Gasteiger partial charge in [0.1, 0.15) is 54.3 Å². The van der Waals surface area contributed by atoms with E-state index in [0.717, 1.165) is 4.90 Å². The summed E-state index contributed by atoms with van der Waals surface area (Å²) in [5.74, 6) is -9.65. The number of cyclic esters (lactones) is 1. The molecule has 2 heterocycles. The van der Waals surface area contributed by atoms with Crippen LogP contribution in [0.2, 0.25) is 0 Å². The number of carbonyl (C=O) groups is 9. The molecule has 2 bridgehead atoms. The third-order valence-corrected chi connectivity index (χ3v) is 13.2. The topological polar surface area (TPSA) is 284 Å². The number of aromatic hydroxyl groups is 1. The number of ketones is 1. The number of nitrogens with zero attached hydrogens (tertiary/aromatic N) is 2. The first-order chi connectivity index (χ1) is 32.6. The molecular weight excluding hydrogens is 891 g/mol. The van der Waals surface area contributed by atoms with Crippen molar-refractivity contribution >= 4 is 53.1 Å². The number of nitrogens with one attached hydrogen (secondary N) is 4. The lowest BCUT2D eigenvalue weighted by atomic mass is 9.91. The van der Waals surface area contributed by atoms with Gasteiger partial charge in [0.2, 0.25) is 41.4 Å². The Balaban J connectivity index is 1.87. The van der Waals surface area contributed by atoms with E-state index < -0.39 is 119 Å². The predicted octanol–water partition coefficient (Wildman–Crippen LogP) is 2.25. The summed E-state index contributed by atoms with van der Waals surface area (Å²) in [5.41, 5.74) is 6.28. The molecule has 2 aliphatic rings. The fraction of sp³-hybridized carbons (Fsp3) is 0.580. The maximum Gasteiger partial charge on any atom is 0.329 e. The van der Waals surface area contributed by atoms with E-state index in [1.165, 1.54) is 31.0 Å². The molecule has 3 unspecified atom stereocenters. The minimum atomic E-state index is -1.73. The number of benzene rings is 2. The summed E-state index contributed by atoms with van der Waals surface area (Å²) >= 11 is 0. The highest BCUT2D eigenvalue weighted by molar-refractivity contribution is 6.00. The quantitative estimate of drug-likeness (QED) is 0.0943. The Morgan fingerprint density at radius 1 is 0.841 bits per heavy atom. The zero-order chi connectivity index (χ0) is 51.3. The third-order valence-electron chi connectivity index (χ3n) is 13.2. The molecule has 0 radical (unpaired) electrons. The Labute approximate surface area is 404 Å². The number of phenols is 1. The number of hydrogen-bond donors (Lipinski definition) is 7. The van der Waals surface area contributed by atoms with E-state index in [1.54, 1.807) is 84.0 Å². The standard InChI is InChI=1S/C50H71N7O12/c1-9-28(5)41-50(68)69-30(7)42(55-44(62)33(18-22-39(51)60)26-38(59)32-14-12-11-13-15-32)47(65)53-36(24-27(3)4)45(63)52-35-21-23-40(61)57(48(35)66)43(29(6)10-2)49(67)56(8)37(46(64)54-41)25-31-16-19-34(58)20-17-31/h11-17,19-20,27-30,33,35-37,40-43,58,61H,9-10,18,21-26H2,1-8H3,(H2,51,60)(H,52,63)(H,53,65)(H,54,64)(H,55,62)/t28?,29?,30-,33-,35?,36+,37+,40+,41+,42+,43+/m1/s1. The van der Waals surface area contributed by atoms with Crippen LogP contribution in [0.1, 0.15) is 116 Å². The first kappa shape index (κ1) is 55.2. The molecule has 8 N–H and O–H groups in total. The Hall–Kier alpha value is -6.37. The largest absolute Gasteiger partial charge is 0.508 e. The highest BCUT2D eigenvalue weighted by atomic mass is 16.5. The molecule has 2 fully saturated rings. The summed E-state index contributed by atoms with van der Waals surface area (Å²) in [6.45, 7) is 11.9. The SMILES string of the molecule is CCC(C)[C@@H]1NC(=O)[C@H](Cc2ccc(O)cc2)N(C)C(=O)[C@H](C(C)CC)N2C(=O)C(CC[C@@H]2O)NC(=O)[C@H](CC(C)C)NC(=O)[C@@H](NC(=O)[C@H](CCC(N)=O)CC(=O)c2ccccc2)[C@@H](C)OC1=O. The van der Waals surface area contributed by atoms with Gasteiger partial charge in [0.25, 0.3) is 0 Å². The average molecular weight is 962 g/mol. The van der Waals surface area contributed by atoms with Crippen molar-refractivity contribution in [3.8, 4) is 5.75 Å². The van der Waals surface area contributed by atoms with Gasteiger partial charge >= 0.3 is 5.97 Å². The highest BCUT2D eigenvalue weighted by Crippen LogP contribution is 2.28. The minimum absolute atomic E-state index is 0.0230. The number of fused-ring (bicyclic) bond motifs is 2. The predicted molar refractivity (Wildman–Crippen MR) is 253 cm³/mol. The van der Waals surface area contributed by atoms with Gasteiger partial charge in [-0.15, -0.1) is 0 Å². The summed E-state index contributed by atoms with van der Waals surface area (Å²) < 4.78 is 5.96. The first-order valence-corrected chi connectivity index (χ1v) is 23.9. The second kappa shape index (κ2) is 25.3. The number of esters is 1. The Morgan fingerprint density at radius 2 is 1.48 bits per heavy atom. The fourth-order valence-electron chi connectivity index (χ4n) is 8.60. The van der Waals surface area contributed by atoms with Crippen molar-refractivity contribution in [2.24, 2.45) is 29.4 Å². The van der Waals surface area contributed by atoms with Crippen LogP contribution in [0.15, 0.2) is 54.6 Å². The summed E-state index contributed by atoms with van der Waals surface area (Å²) in [7, 11) is 1.38. The number of amides is 7. The van der Waals surface area contributed by atoms with Crippen molar-refractivity contribution in [2.75, 3.05) is 7.05 Å². The lowest BCUT2D eigenvalue weighted by Gasteiger charge is -2.44. The number of aliphatic hydroxyl groups excluding tert-OH is 1. The van der Waals surface area contributed by atoms with Crippen molar-refractivity contribution in [1.82, 2.24) is 31.1 Å². The maximum atomic E-state index is 14.9. The number of carbonyl (C=O) groups excluding carboxylic acids is 9. The molecule has 11 atom stereocenters. The Morgan fingerprint density at radius 3 is 2.07 bits per heavy atom. The molecule has 0 saturated carbocycles. The number of rotatable bonds is 16. The number of phenolic OH excluding ortho intramolecular Hbond substituents is 1. The van der Waals surface area contributed by atoms with Crippen LogP contribution in [0.5, 0.6) is 5.75 Å². The Bertz CT molecular complexity index is 2150. The number of nitrogens with two attached hydrogens (primary N) is 1. The summed E-state index contributed by atoms with van der Waals surface area (Å²) in [6, 6.07) is 5.74. The van der Waals surface area contributed by atoms with Crippen LogP contribution >= 0.6 is 0 Å². The molecule has 378 valence electrons. The molecule has 2 saturated heterocycles. The number of piperidine rings is 1. The van der Waals surface area contributed by atoms with Gasteiger partial charge < -0.3 is 51.8 Å². The van der Waals surface area contributed by atoms with Crippen LogP contribution in [0, 0.1) is 23.7 Å². The molecule has 19 heteroatoms. The number of primary amides is 1. The van der Waals surface area contributed by atoms with E-state index in [1.807, 2.05) is 0 Å². The third kappa shape index (κ3) is 14.8. The van der Waals surface area contributed by atoms with E-state index in [0.29, 0.717) is 24.0 Å². The van der Waals surface area contributed by atoms with Gasteiger partial charge in [-0.1, -0.05) is 96.8 Å². The molecule has 2 aliphatic heterocycles. The van der Waals surface area contributed by atoms with Gasteiger partial charge in [-0.05, 0) is 68.1 Å². The van der Waals surface area contributed by atoms with Gasteiger partial charge in [-0.3, -0.25) is 38.4 Å². The van der Waals surface area contributed by atoms with Crippen LogP contribution in [0.25, 0.3) is 0 Å². The van der Waals surface area contributed by atoms with Crippen molar-refractivity contribution in [2.45, 2.75) is 155 Å². The normalized spacial score (nSPS) is 25.7. The number of Topliss-reactive ketones (excluding diaryl/α,β-unsaturated/α-hetero) is 1. The summed E-state index contributed by atoms with van der Waals surface area (Å²) in [6.07, 6.45) is -3.23. The van der Waals surface area contributed by atoms with Crippen molar-refractivity contribution in [1.29, 1.82) is 0 Å². The van der Waals surface area contributed by atoms with Crippen molar-refractivity contribution in [3.05, 3.63) is 65.7 Å². The Kier molecular flexibility index (Phi) is 20.2. The van der Waals surface area contributed by atoms with E-state index in [-0.39, 0.29) is 56.6 Å². The zero-order valence-corrected chi connectivity index (χ0v) is 40.9. The number of ether oxygens (including phenoxy) is 1. The lowest BCUT2D eigenvalue weighted by Crippen LogP contribution is -2.66. The molecule has 0 spiro atoms. The van der Waals surface area contributed by atoms with Crippen molar-refractivity contribution < 1.29 is 58.1 Å². The summed E-state index contributed by atoms with van der Waals surface area (Å²) in [5, 5.41) is 32.3. The van der Waals surface area contributed by atoms with Crippen molar-refractivity contribution in [3.63, 3.8) is 0 Å². The highest BCUT2D eigenvalue weighted by Gasteiger charge is 2.47. The van der Waals surface area contributed by atoms with Crippen LogP contribution in [0.3, 0.4) is 0 Å². The van der Waals surface area contributed by atoms with Crippen LogP contribution < -0.4 is 27.0 Å². The summed E-state index contributed by atoms with van der Waals surface area (Å²) in [4.78, 5) is 129. The monoisotopic (exact) mass is 962 g/mol. The minimum Gasteiger partial charge on any atom is -0.508 e. The van der Waals surface area contributed by atoms with Crippen LogP contribution in [-0.2, 0) is 49.5 Å². The second-order valence-electron chi connectivity index (χ2n) is 18.9. The van der Waals surface area contributed by atoms with E-state index in [2.05, 4.69) is 21.3 Å². The van der Waals surface area contributed by atoms with Gasteiger partial charge in [-0.25, -0.2) is 4.79 Å². The average Bonchev–Trinajstić information content (AvgIpc) is 3.31. The van der Waals surface area contributed by atoms with Gasteiger partial charge in [0, 0.05) is 37.8 Å². The number of aliphatic hydroxyl groups is 1. The van der Waals surface area contributed by atoms with Gasteiger partial charge in [0.05, 0.1) is 0 Å². The molecule has 7 amide bonds. The molecule has 4 rings (SSSR count). The van der Waals surface area contributed by atoms with Gasteiger partial charge in [0.15, 0.2) is 5.78 Å². The zero-order valence-electron chi connectivity index (χ0n) is 40.9. The van der Waals surface area contributed by atoms with Crippen LogP contribution in [-0.4, -0.2) is 129 Å². The van der Waals surface area contributed by atoms with Gasteiger partial charge in [-0.2, -0.15) is 0 Å². The molecule has 69 heavy (non-hydrogen) atoms. The molecule has 0 aromatic heterocycles. The van der Waals surface area contributed by atoms with E-state index >= 15 is 0 Å². The molecular formula is C50H71N7O12. The maximum absolute atomic E-state index is 14.9. The van der Waals surface area contributed by atoms with E-state index in [9.17, 15) is 53.4 Å². The number of hydrogen-bond acceptors (Lipinski definition) is 12.